The molecule has 4 aliphatic heterocycles. The van der Waals surface area contributed by atoms with E-state index in [4.69, 9.17) is 19.9 Å². The first-order valence-electron chi connectivity index (χ1n) is 13.6. The van der Waals surface area contributed by atoms with E-state index in [0.29, 0.717) is 46.8 Å². The first-order chi connectivity index (χ1) is 19.1. The van der Waals surface area contributed by atoms with Crippen LogP contribution in [-0.2, 0) is 17.6 Å². The molecule has 1 fully saturated rings. The van der Waals surface area contributed by atoms with Gasteiger partial charge in [-0.05, 0) is 51.8 Å². The smallest absolute Gasteiger partial charge is 0.236 e. The number of nitrogens with two attached hydrogens (primary N) is 1. The molecule has 2 aromatic rings. The monoisotopic (exact) mass is 776 g/mol. The molecular formula is C29H35AcN5O6. The van der Waals surface area contributed by atoms with E-state index in [9.17, 15) is 20.3 Å². The average molecular weight is 777 g/mol. The molecule has 11 nitrogen and oxygen atoms in total. The molecule has 0 aromatic heterocycles. The van der Waals surface area contributed by atoms with Crippen molar-refractivity contribution < 1.29 is 73.3 Å². The van der Waals surface area contributed by atoms with Crippen molar-refractivity contribution in [1.82, 2.24) is 15.1 Å². The van der Waals surface area contributed by atoms with Gasteiger partial charge in [-0.1, -0.05) is 6.07 Å². The number of ether oxygens (including phenoxy) is 3. The van der Waals surface area contributed by atoms with Crippen LogP contribution in [0.1, 0.15) is 52.4 Å². The van der Waals surface area contributed by atoms with Crippen molar-refractivity contribution in [2.45, 2.75) is 69.9 Å². The second-order valence-electron chi connectivity index (χ2n) is 11.3. The summed E-state index contributed by atoms with van der Waals surface area (Å²) in [6, 6.07) is 2.02. The normalized spacial score (nSPS) is 26.5. The molecule has 215 valence electrons. The molecule has 2 aromatic carbocycles. The van der Waals surface area contributed by atoms with Crippen LogP contribution in [0, 0.1) is 69.2 Å². The van der Waals surface area contributed by atoms with Crippen LogP contribution in [0.4, 0.5) is 0 Å². The summed E-state index contributed by atoms with van der Waals surface area (Å²) in [5, 5.41) is 36.5. The number of amides is 1. The molecule has 0 saturated carbocycles. The quantitative estimate of drug-likeness (QED) is 0.361. The Balaban J connectivity index is 0.00000337. The topological polar surface area (TPSA) is 154 Å². The van der Waals surface area contributed by atoms with Crippen molar-refractivity contribution in [2.24, 2.45) is 5.73 Å². The standard InChI is InChI=1S/C29H35N5O6.Ac/c1-12-6-15-7-17-19(9-30)34-18(23(33(17)4)21(15)25(36)26(12)38-5)8-16-22(20(34)10-32-29(37)14(3)31)28-27(39-11-40-28)13(2)24(16)35;/h6,14,17-20,23,35-36H,7-8,10-11,31H2,1-5H3,(H,32,37);/t14-,17+,18?,19+,20+,23+;/m1./s1. The Kier molecular flexibility index (Phi) is 8.17. The number of piperazine rings is 1. The number of aryl methyl sites for hydroxylation is 1. The summed E-state index contributed by atoms with van der Waals surface area (Å²) in [7, 11) is 3.53. The van der Waals surface area contributed by atoms with E-state index in [1.54, 1.807) is 21.0 Å². The van der Waals surface area contributed by atoms with Gasteiger partial charge in [-0.2, -0.15) is 5.26 Å². The molecule has 0 spiro atoms. The molecule has 4 heterocycles. The fourth-order valence-corrected chi connectivity index (χ4v) is 7.40. The molecule has 41 heavy (non-hydrogen) atoms. The predicted molar refractivity (Wildman–Crippen MR) is 144 cm³/mol. The van der Waals surface area contributed by atoms with Crippen LogP contribution < -0.4 is 25.3 Å². The molecule has 1 radical (unpaired) electrons. The molecule has 12 heteroatoms. The van der Waals surface area contributed by atoms with Crippen LogP contribution in [0.3, 0.4) is 0 Å². The number of fused-ring (bicyclic) bond motifs is 9. The first-order valence-corrected chi connectivity index (χ1v) is 13.6. The van der Waals surface area contributed by atoms with Crippen LogP contribution in [0.2, 0.25) is 0 Å². The Morgan fingerprint density at radius 2 is 1.93 bits per heavy atom. The van der Waals surface area contributed by atoms with Crippen LogP contribution in [0.5, 0.6) is 28.7 Å². The minimum atomic E-state index is -0.714. The summed E-state index contributed by atoms with van der Waals surface area (Å²) in [4.78, 5) is 17.0. The summed E-state index contributed by atoms with van der Waals surface area (Å²) >= 11 is 0. The number of carbonyl (C=O) groups is 1. The van der Waals surface area contributed by atoms with E-state index in [0.717, 1.165) is 16.7 Å². The first kappa shape index (κ1) is 30.2. The van der Waals surface area contributed by atoms with Gasteiger partial charge in [0.2, 0.25) is 12.7 Å². The third-order valence-electron chi connectivity index (χ3n) is 9.17. The van der Waals surface area contributed by atoms with E-state index < -0.39 is 18.1 Å². The van der Waals surface area contributed by atoms with Crippen molar-refractivity contribution in [3.05, 3.63) is 39.4 Å². The number of carbonyl (C=O) groups excluding carboxylic acids is 1. The maximum atomic E-state index is 12.6. The van der Waals surface area contributed by atoms with Gasteiger partial charge in [0.15, 0.2) is 23.0 Å². The number of phenolic OH excluding ortho intramolecular Hbond substituents is 2. The zero-order chi connectivity index (χ0) is 28.6. The molecule has 1 saturated heterocycles. The van der Waals surface area contributed by atoms with Crippen LogP contribution in [-0.4, -0.2) is 77.6 Å². The number of aromatic hydroxyl groups is 2. The number of hydrogen-bond acceptors (Lipinski definition) is 10. The maximum Gasteiger partial charge on any atom is 0.236 e. The fraction of sp³-hybridized carbons (Fsp3) is 0.517. The van der Waals surface area contributed by atoms with Gasteiger partial charge in [-0.3, -0.25) is 14.6 Å². The van der Waals surface area contributed by atoms with Gasteiger partial charge < -0.3 is 35.5 Å². The van der Waals surface area contributed by atoms with Crippen LogP contribution >= 0.6 is 0 Å². The number of phenols is 2. The zero-order valence-electron chi connectivity index (χ0n) is 23.9. The number of likely N-dealkylation sites (N-methyl/N-ethyl adjacent to an activating group) is 1. The Morgan fingerprint density at radius 1 is 1.22 bits per heavy atom. The number of nitriles is 1. The fourth-order valence-electron chi connectivity index (χ4n) is 7.40. The van der Waals surface area contributed by atoms with Crippen LogP contribution in [0.25, 0.3) is 0 Å². The van der Waals surface area contributed by atoms with Crippen LogP contribution in [0.15, 0.2) is 6.07 Å². The van der Waals surface area contributed by atoms with Gasteiger partial charge in [0.25, 0.3) is 0 Å². The van der Waals surface area contributed by atoms with E-state index >= 15 is 0 Å². The van der Waals surface area contributed by atoms with Gasteiger partial charge in [-0.25, -0.2) is 0 Å². The second-order valence-corrected chi connectivity index (χ2v) is 11.3. The zero-order valence-corrected chi connectivity index (χ0v) is 28.6. The van der Waals surface area contributed by atoms with Crippen molar-refractivity contribution in [1.29, 1.82) is 5.26 Å². The van der Waals surface area contributed by atoms with E-state index in [1.165, 1.54) is 0 Å². The molecule has 1 amide bonds. The summed E-state index contributed by atoms with van der Waals surface area (Å²) < 4.78 is 17.3. The van der Waals surface area contributed by atoms with E-state index in [2.05, 4.69) is 21.2 Å². The number of hydrogen-bond donors (Lipinski definition) is 4. The number of nitrogens with one attached hydrogen (secondary N) is 1. The largest absolute Gasteiger partial charge is 0.507 e. The van der Waals surface area contributed by atoms with Crippen molar-refractivity contribution in [2.75, 3.05) is 27.5 Å². The number of rotatable bonds is 4. The molecule has 0 aliphatic carbocycles. The molecule has 5 N–H and O–H groups in total. The van der Waals surface area contributed by atoms with Gasteiger partial charge in [0.05, 0.1) is 31.3 Å². The van der Waals surface area contributed by atoms with Gasteiger partial charge in [0.1, 0.15) is 11.8 Å². The van der Waals surface area contributed by atoms with Crippen molar-refractivity contribution in [3.63, 3.8) is 0 Å². The Labute approximate surface area is 275 Å². The summed E-state index contributed by atoms with van der Waals surface area (Å²) in [5.74, 6) is 1.33. The number of methoxy groups -OCH3 is 1. The molecule has 1 unspecified atom stereocenters. The number of benzene rings is 2. The minimum absolute atomic E-state index is 0. The second kappa shape index (κ2) is 11.1. The predicted octanol–water partition coefficient (Wildman–Crippen LogP) is 1.69. The van der Waals surface area contributed by atoms with Crippen molar-refractivity contribution in [3.8, 4) is 34.8 Å². The SMILES string of the molecule is COc1c(C)cc2c(c1O)[C@@H]1C3Cc4c(O)c(C)c5c(c4[C@H](CNC(=O)[C@@H](C)N)N3[C@@H](C#N)[C@H](C2)N1C)OCO5.[Ac]. The Hall–Kier alpha value is -2.28. The van der Waals surface area contributed by atoms with Gasteiger partial charge in [0, 0.05) is 84.9 Å². The maximum absolute atomic E-state index is 12.6. The summed E-state index contributed by atoms with van der Waals surface area (Å²) in [6.45, 7) is 5.48. The molecule has 4 aliphatic rings. The molecule has 2 bridgehead atoms. The van der Waals surface area contributed by atoms with Crippen molar-refractivity contribution >= 4 is 5.91 Å². The molecule has 6 rings (SSSR count). The Morgan fingerprint density at radius 3 is 2.59 bits per heavy atom. The number of nitrogens with zero attached hydrogens (tertiary/aromatic N) is 3. The van der Waals surface area contributed by atoms with Gasteiger partial charge >= 0.3 is 0 Å². The third kappa shape index (κ3) is 4.39. The Bertz CT molecular complexity index is 1460. The summed E-state index contributed by atoms with van der Waals surface area (Å²) in [5.41, 5.74) is 10.4. The van der Waals surface area contributed by atoms with E-state index in [1.807, 2.05) is 20.0 Å². The molecule has 6 atom stereocenters. The minimum Gasteiger partial charge on any atom is -0.507 e. The van der Waals surface area contributed by atoms with Gasteiger partial charge in [-0.15, -0.1) is 0 Å². The average Bonchev–Trinajstić information content (AvgIpc) is 3.41. The summed E-state index contributed by atoms with van der Waals surface area (Å²) in [6.07, 6.45) is 0.955. The van der Waals surface area contributed by atoms with E-state index in [-0.39, 0.29) is 92.9 Å². The molecular weight excluding hydrogens is 741 g/mol. The third-order valence-corrected chi connectivity index (χ3v) is 9.17.